The Morgan fingerprint density at radius 2 is 2.00 bits per heavy atom. The molecule has 200 valence electrons. The van der Waals surface area contributed by atoms with Crippen molar-refractivity contribution < 1.29 is 22.6 Å². The van der Waals surface area contributed by atoms with Crippen LogP contribution < -0.4 is 10.1 Å². The number of benzene rings is 1. The smallest absolute Gasteiger partial charge is 0.252 e. The second-order valence-corrected chi connectivity index (χ2v) is 10.4. The normalized spacial score (nSPS) is 24.4. The summed E-state index contributed by atoms with van der Waals surface area (Å²) in [5.74, 6) is -2.03. The number of halogens is 3. The van der Waals surface area contributed by atoms with Gasteiger partial charge in [-0.2, -0.15) is 4.98 Å². The highest BCUT2D eigenvalue weighted by Gasteiger charge is 2.47. The van der Waals surface area contributed by atoms with E-state index in [2.05, 4.69) is 30.6 Å². The topological polar surface area (TPSA) is 94.6 Å². The predicted octanol–water partition coefficient (Wildman–Crippen LogP) is 3.34. The van der Waals surface area contributed by atoms with Gasteiger partial charge in [-0.05, 0) is 30.2 Å². The molecule has 0 unspecified atom stereocenters. The maximum atomic E-state index is 15.0. The van der Waals surface area contributed by atoms with Crippen LogP contribution in [-0.2, 0) is 4.74 Å². The van der Waals surface area contributed by atoms with Crippen molar-refractivity contribution in [2.75, 3.05) is 38.7 Å². The molecule has 3 aliphatic rings. The zero-order chi connectivity index (χ0) is 26.0. The maximum absolute atomic E-state index is 15.0. The van der Waals surface area contributed by atoms with Crippen LogP contribution in [-0.4, -0.2) is 92.1 Å². The van der Waals surface area contributed by atoms with Gasteiger partial charge in [-0.3, -0.25) is 4.90 Å². The average molecular weight is 529 g/mol. The number of aromatic nitrogens is 6. The van der Waals surface area contributed by atoms with E-state index in [0.717, 1.165) is 17.7 Å². The van der Waals surface area contributed by atoms with E-state index in [4.69, 9.17) is 9.47 Å². The number of ether oxygens (including phenoxy) is 2. The molecule has 0 bridgehead atoms. The average Bonchev–Trinajstić information content (AvgIpc) is 3.46. The number of methoxy groups -OCH3 is 1. The van der Waals surface area contributed by atoms with Crippen LogP contribution in [0.25, 0.3) is 27.7 Å². The van der Waals surface area contributed by atoms with Crippen molar-refractivity contribution in [3.05, 3.63) is 30.5 Å². The van der Waals surface area contributed by atoms with E-state index in [-0.39, 0.29) is 24.8 Å². The molecule has 0 spiro atoms. The number of rotatable bonds is 6. The second kappa shape index (κ2) is 8.80. The Kier molecular flexibility index (Phi) is 5.48. The molecule has 3 aromatic heterocycles. The molecule has 38 heavy (non-hydrogen) atoms. The molecule has 1 aliphatic carbocycles. The summed E-state index contributed by atoms with van der Waals surface area (Å²) < 4.78 is 56.1. The van der Waals surface area contributed by atoms with Crippen LogP contribution in [0.4, 0.5) is 19.1 Å². The van der Waals surface area contributed by atoms with Gasteiger partial charge in [0, 0.05) is 37.7 Å². The first-order chi connectivity index (χ1) is 18.4. The first kappa shape index (κ1) is 23.7. The number of hydrogen-bond donors (Lipinski definition) is 1. The van der Waals surface area contributed by atoms with E-state index in [0.29, 0.717) is 54.7 Å². The monoisotopic (exact) mass is 528 g/mol. The molecule has 0 amide bonds. The van der Waals surface area contributed by atoms with Crippen molar-refractivity contribution >= 4 is 22.5 Å². The van der Waals surface area contributed by atoms with Gasteiger partial charge >= 0.3 is 0 Å². The van der Waals surface area contributed by atoms with Crippen molar-refractivity contribution in [1.29, 1.82) is 0 Å². The van der Waals surface area contributed by atoms with Crippen molar-refractivity contribution in [2.24, 2.45) is 0 Å². The van der Waals surface area contributed by atoms with E-state index in [9.17, 15) is 13.2 Å². The third kappa shape index (κ3) is 3.95. The van der Waals surface area contributed by atoms with Gasteiger partial charge in [0.1, 0.15) is 17.2 Å². The number of fused-ring (bicyclic) bond motifs is 2. The van der Waals surface area contributed by atoms with E-state index >= 15 is 0 Å². The van der Waals surface area contributed by atoms with Gasteiger partial charge in [-0.25, -0.2) is 22.4 Å². The van der Waals surface area contributed by atoms with E-state index in [1.165, 1.54) is 7.11 Å². The number of piperidine rings is 1. The van der Waals surface area contributed by atoms with Crippen molar-refractivity contribution in [1.82, 2.24) is 34.5 Å². The maximum Gasteiger partial charge on any atom is 0.252 e. The third-order valence-electron chi connectivity index (χ3n) is 7.89. The molecule has 3 fully saturated rings. The summed E-state index contributed by atoms with van der Waals surface area (Å²) in [6.07, 6.45) is 0.882. The van der Waals surface area contributed by atoms with E-state index in [1.54, 1.807) is 15.4 Å². The SMILES string of the molecule is COc1nc(N[C@H]2CCN(C3COC3)C[C@@H]2F)nn2ccc(-c3ccc4nnn(C5CC(F)(F)C5)c4c3)c12. The first-order valence-electron chi connectivity index (χ1n) is 12.8. The molecular weight excluding hydrogens is 501 g/mol. The Labute approximate surface area is 215 Å². The van der Waals surface area contributed by atoms with Crippen molar-refractivity contribution in [3.63, 3.8) is 0 Å². The Hall–Kier alpha value is -3.45. The number of likely N-dealkylation sites (tertiary alicyclic amines) is 1. The van der Waals surface area contributed by atoms with Crippen molar-refractivity contribution in [2.45, 2.75) is 49.5 Å². The minimum atomic E-state index is -2.65. The molecular formula is C25H27F3N8O2. The Balaban J connectivity index is 1.17. The molecule has 13 heteroatoms. The quantitative estimate of drug-likeness (QED) is 0.407. The molecule has 0 radical (unpaired) electrons. The highest BCUT2D eigenvalue weighted by molar-refractivity contribution is 5.89. The lowest BCUT2D eigenvalue weighted by Gasteiger charge is -2.42. The van der Waals surface area contributed by atoms with Crippen molar-refractivity contribution in [3.8, 4) is 17.0 Å². The van der Waals surface area contributed by atoms with E-state index in [1.807, 2.05) is 24.3 Å². The van der Waals surface area contributed by atoms with Crippen LogP contribution in [0.15, 0.2) is 30.5 Å². The lowest BCUT2D eigenvalue weighted by atomic mass is 9.88. The largest absolute Gasteiger partial charge is 0.479 e. The van der Waals surface area contributed by atoms with Crippen LogP contribution in [0.3, 0.4) is 0 Å². The van der Waals surface area contributed by atoms with Gasteiger partial charge in [-0.1, -0.05) is 11.3 Å². The van der Waals surface area contributed by atoms with Gasteiger partial charge in [0.15, 0.2) is 0 Å². The van der Waals surface area contributed by atoms with Crippen LogP contribution in [0.1, 0.15) is 25.3 Å². The molecule has 7 rings (SSSR count). The van der Waals surface area contributed by atoms with E-state index < -0.39 is 18.1 Å². The minimum absolute atomic E-state index is 0.240. The fourth-order valence-electron chi connectivity index (χ4n) is 5.63. The molecule has 1 aromatic carbocycles. The standard InChI is InChI=1S/C25H27F3N8O2/c1-37-23-22-17(14-2-3-20-21(8-14)36(33-31-20)15-9-25(27,28)10-15)4-7-35(22)32-24(30-23)29-19-5-6-34(11-18(19)26)16-12-38-13-16/h2-4,7-8,15-16,18-19H,5-6,9-13H2,1H3,(H,29,32)/t18-,19-/m0/s1. The first-order valence-corrected chi connectivity index (χ1v) is 12.8. The summed E-state index contributed by atoms with van der Waals surface area (Å²) in [5.41, 5.74) is 3.60. The highest BCUT2D eigenvalue weighted by atomic mass is 19.3. The summed E-state index contributed by atoms with van der Waals surface area (Å²) in [5, 5.41) is 16.0. The van der Waals surface area contributed by atoms with Gasteiger partial charge in [0.2, 0.25) is 11.8 Å². The van der Waals surface area contributed by atoms with Crippen LogP contribution in [0.2, 0.25) is 0 Å². The highest BCUT2D eigenvalue weighted by Crippen LogP contribution is 2.46. The summed E-state index contributed by atoms with van der Waals surface area (Å²) in [6.45, 7) is 2.47. The second-order valence-electron chi connectivity index (χ2n) is 10.4. The fraction of sp³-hybridized carbons (Fsp3) is 0.520. The predicted molar refractivity (Wildman–Crippen MR) is 132 cm³/mol. The number of nitrogens with one attached hydrogen (secondary N) is 1. The number of anilines is 1. The Morgan fingerprint density at radius 1 is 1.16 bits per heavy atom. The zero-order valence-electron chi connectivity index (χ0n) is 20.7. The number of hydrogen-bond acceptors (Lipinski definition) is 8. The van der Waals surface area contributed by atoms with Gasteiger partial charge in [0.05, 0.1) is 44.0 Å². The molecule has 1 saturated carbocycles. The van der Waals surface area contributed by atoms with Gasteiger partial charge < -0.3 is 14.8 Å². The molecule has 1 N–H and O–H groups in total. The van der Waals surface area contributed by atoms with Crippen LogP contribution >= 0.6 is 0 Å². The summed E-state index contributed by atoms with van der Waals surface area (Å²) in [4.78, 5) is 6.69. The molecule has 2 saturated heterocycles. The molecule has 2 atom stereocenters. The lowest BCUT2D eigenvalue weighted by Crippen LogP contribution is -2.57. The molecule has 10 nitrogen and oxygen atoms in total. The Morgan fingerprint density at radius 3 is 2.71 bits per heavy atom. The van der Waals surface area contributed by atoms with Gasteiger partial charge in [0.25, 0.3) is 5.92 Å². The molecule has 4 aromatic rings. The zero-order valence-corrected chi connectivity index (χ0v) is 20.7. The minimum Gasteiger partial charge on any atom is -0.479 e. The lowest BCUT2D eigenvalue weighted by molar-refractivity contribution is -0.106. The molecule has 2 aliphatic heterocycles. The summed E-state index contributed by atoms with van der Waals surface area (Å²) in [7, 11) is 1.53. The van der Waals surface area contributed by atoms with Gasteiger partial charge in [-0.15, -0.1) is 10.2 Å². The number of alkyl halides is 3. The summed E-state index contributed by atoms with van der Waals surface area (Å²) in [6, 6.07) is 7.02. The number of nitrogens with zero attached hydrogens (tertiary/aromatic N) is 7. The van der Waals surface area contributed by atoms with Crippen LogP contribution in [0.5, 0.6) is 5.88 Å². The third-order valence-corrected chi connectivity index (χ3v) is 7.89. The Bertz CT molecular complexity index is 1490. The van der Waals surface area contributed by atoms with Crippen LogP contribution in [0, 0.1) is 0 Å². The molecule has 5 heterocycles. The fourth-order valence-corrected chi connectivity index (χ4v) is 5.63. The summed E-state index contributed by atoms with van der Waals surface area (Å²) >= 11 is 0.